The van der Waals surface area contributed by atoms with Crippen LogP contribution in [0, 0.1) is 13.8 Å². The van der Waals surface area contributed by atoms with E-state index in [1.807, 2.05) is 6.07 Å². The third kappa shape index (κ3) is 4.00. The Morgan fingerprint density at radius 1 is 1.03 bits per heavy atom. The molecule has 0 bridgehead atoms. The molecular formula is C26H23N3O6S2. The summed E-state index contributed by atoms with van der Waals surface area (Å²) in [6.07, 6.45) is 0. The van der Waals surface area contributed by atoms with E-state index in [0.29, 0.717) is 49.0 Å². The van der Waals surface area contributed by atoms with Gasteiger partial charge in [-0.05, 0) is 38.1 Å². The van der Waals surface area contributed by atoms with Gasteiger partial charge in [0.05, 0.1) is 52.7 Å². The molecule has 1 amide bonds. The molecule has 1 aliphatic rings. The summed E-state index contributed by atoms with van der Waals surface area (Å²) >= 11 is 2.47. The number of ether oxygens (including phenoxy) is 3. The molecule has 0 aliphatic carbocycles. The number of aryl methyl sites for hydroxylation is 2. The van der Waals surface area contributed by atoms with Gasteiger partial charge in [0.15, 0.2) is 22.4 Å². The van der Waals surface area contributed by atoms with Crippen LogP contribution in [0.2, 0.25) is 0 Å². The van der Waals surface area contributed by atoms with Gasteiger partial charge in [0.25, 0.3) is 5.91 Å². The van der Waals surface area contributed by atoms with Crippen LogP contribution in [-0.2, 0) is 4.79 Å². The number of para-hydroxylation sites is 1. The van der Waals surface area contributed by atoms with Crippen molar-refractivity contribution in [1.29, 1.82) is 0 Å². The van der Waals surface area contributed by atoms with Gasteiger partial charge in [0.1, 0.15) is 11.8 Å². The lowest BCUT2D eigenvalue weighted by Crippen LogP contribution is -2.31. The number of fused-ring (bicyclic) bond motifs is 1. The lowest BCUT2D eigenvalue weighted by Gasteiger charge is -2.26. The number of carbonyl (C=O) groups excluding carboxylic acids is 2. The number of anilines is 1. The van der Waals surface area contributed by atoms with E-state index in [0.717, 1.165) is 4.70 Å². The number of aliphatic hydroxyl groups excluding tert-OH is 1. The van der Waals surface area contributed by atoms with Gasteiger partial charge in [-0.15, -0.1) is 11.3 Å². The second-order valence-electron chi connectivity index (χ2n) is 8.23. The number of methoxy groups -OCH3 is 3. The Hall–Kier alpha value is -3.96. The lowest BCUT2D eigenvalue weighted by molar-refractivity contribution is -0.117. The average molecular weight is 538 g/mol. The summed E-state index contributed by atoms with van der Waals surface area (Å²) in [5, 5.41) is 12.2. The quantitative estimate of drug-likeness (QED) is 0.321. The fourth-order valence-electron chi connectivity index (χ4n) is 4.44. The van der Waals surface area contributed by atoms with Crippen LogP contribution in [0.4, 0.5) is 5.13 Å². The van der Waals surface area contributed by atoms with Gasteiger partial charge >= 0.3 is 0 Å². The molecule has 2 aromatic carbocycles. The van der Waals surface area contributed by atoms with E-state index >= 15 is 0 Å². The average Bonchev–Trinajstić information content (AvgIpc) is 3.55. The van der Waals surface area contributed by atoms with E-state index in [1.54, 1.807) is 51.3 Å². The Morgan fingerprint density at radius 3 is 2.46 bits per heavy atom. The first kappa shape index (κ1) is 24.7. The minimum Gasteiger partial charge on any atom is -0.503 e. The molecule has 1 atom stereocenters. The Bertz CT molecular complexity index is 1590. The van der Waals surface area contributed by atoms with E-state index in [4.69, 9.17) is 14.2 Å². The predicted octanol–water partition coefficient (Wildman–Crippen LogP) is 5.18. The lowest BCUT2D eigenvalue weighted by atomic mass is 9.94. The van der Waals surface area contributed by atoms with E-state index in [9.17, 15) is 14.7 Å². The molecule has 9 nitrogen and oxygen atoms in total. The van der Waals surface area contributed by atoms with Crippen molar-refractivity contribution in [2.24, 2.45) is 0 Å². The third-order valence-corrected chi connectivity index (χ3v) is 8.17. The maximum atomic E-state index is 13.9. The number of carbonyl (C=O) groups is 2. The van der Waals surface area contributed by atoms with Gasteiger partial charge in [0, 0.05) is 5.56 Å². The predicted molar refractivity (Wildman–Crippen MR) is 142 cm³/mol. The highest BCUT2D eigenvalue weighted by Gasteiger charge is 2.47. The first-order valence-corrected chi connectivity index (χ1v) is 12.8. The highest BCUT2D eigenvalue weighted by atomic mass is 32.1. The number of amides is 1. The maximum Gasteiger partial charge on any atom is 0.296 e. The van der Waals surface area contributed by atoms with E-state index in [2.05, 4.69) is 9.97 Å². The number of ketones is 1. The molecule has 1 unspecified atom stereocenters. The molecule has 11 heteroatoms. The van der Waals surface area contributed by atoms with Crippen LogP contribution in [-0.4, -0.2) is 48.1 Å². The summed E-state index contributed by atoms with van der Waals surface area (Å²) in [6, 6.07) is 9.56. The van der Waals surface area contributed by atoms with Gasteiger partial charge in [-0.25, -0.2) is 9.97 Å². The topological polar surface area (TPSA) is 111 Å². The van der Waals surface area contributed by atoms with Crippen molar-refractivity contribution in [3.63, 3.8) is 0 Å². The Balaban J connectivity index is 1.74. The normalized spacial score (nSPS) is 15.5. The van der Waals surface area contributed by atoms with Crippen molar-refractivity contribution in [3.8, 4) is 17.2 Å². The molecule has 3 heterocycles. The van der Waals surface area contributed by atoms with Crippen LogP contribution in [0.15, 0.2) is 47.7 Å². The zero-order valence-corrected chi connectivity index (χ0v) is 22.3. The molecule has 0 saturated carbocycles. The smallest absolute Gasteiger partial charge is 0.296 e. The van der Waals surface area contributed by atoms with Crippen molar-refractivity contribution in [3.05, 3.63) is 68.9 Å². The SMILES string of the molecule is COc1ccc2nc(N3C(=O)C(O)=C(C(=O)c4sc(C)nc4C)C3c3cccc(OC)c3OC)sc2c1. The van der Waals surface area contributed by atoms with Crippen LogP contribution in [0.5, 0.6) is 17.2 Å². The summed E-state index contributed by atoms with van der Waals surface area (Å²) in [7, 11) is 4.55. The minimum atomic E-state index is -1.02. The van der Waals surface area contributed by atoms with Crippen molar-refractivity contribution < 1.29 is 28.9 Å². The van der Waals surface area contributed by atoms with E-state index < -0.39 is 23.5 Å². The van der Waals surface area contributed by atoms with Crippen LogP contribution in [0.1, 0.15) is 32.0 Å². The molecule has 1 N–H and O–H groups in total. The van der Waals surface area contributed by atoms with Crippen LogP contribution < -0.4 is 19.1 Å². The van der Waals surface area contributed by atoms with Crippen LogP contribution >= 0.6 is 22.7 Å². The molecule has 2 aromatic heterocycles. The first-order chi connectivity index (χ1) is 17.8. The van der Waals surface area contributed by atoms with E-state index in [-0.39, 0.29) is 5.57 Å². The fourth-order valence-corrected chi connectivity index (χ4v) is 6.34. The molecule has 37 heavy (non-hydrogen) atoms. The van der Waals surface area contributed by atoms with Gasteiger partial charge in [0.2, 0.25) is 5.78 Å². The Labute approximate surface area is 220 Å². The highest BCUT2D eigenvalue weighted by Crippen LogP contribution is 2.48. The van der Waals surface area contributed by atoms with Crippen molar-refractivity contribution in [1.82, 2.24) is 9.97 Å². The van der Waals surface area contributed by atoms with Crippen molar-refractivity contribution in [2.45, 2.75) is 19.9 Å². The molecule has 5 rings (SSSR count). The number of aromatic nitrogens is 2. The molecule has 0 saturated heterocycles. The number of thiazole rings is 2. The van der Waals surface area contributed by atoms with Gasteiger partial charge in [-0.2, -0.15) is 0 Å². The number of hydrogen-bond donors (Lipinski definition) is 1. The van der Waals surface area contributed by atoms with Crippen LogP contribution in [0.3, 0.4) is 0 Å². The van der Waals surface area contributed by atoms with Crippen LogP contribution in [0.25, 0.3) is 10.2 Å². The molecule has 0 fully saturated rings. The number of hydrogen-bond acceptors (Lipinski definition) is 10. The minimum absolute atomic E-state index is 0.0693. The molecule has 190 valence electrons. The molecule has 0 radical (unpaired) electrons. The second-order valence-corrected chi connectivity index (χ2v) is 10.4. The summed E-state index contributed by atoms with van der Waals surface area (Å²) in [5.41, 5.74) is 1.58. The summed E-state index contributed by atoms with van der Waals surface area (Å²) in [6.45, 7) is 3.53. The second kappa shape index (κ2) is 9.49. The monoisotopic (exact) mass is 537 g/mol. The zero-order valence-electron chi connectivity index (χ0n) is 20.7. The van der Waals surface area contributed by atoms with Crippen molar-refractivity contribution >= 4 is 49.7 Å². The molecule has 1 aliphatic heterocycles. The Morgan fingerprint density at radius 2 is 1.81 bits per heavy atom. The molecule has 4 aromatic rings. The van der Waals surface area contributed by atoms with Gasteiger partial charge < -0.3 is 19.3 Å². The van der Waals surface area contributed by atoms with Crippen molar-refractivity contribution in [2.75, 3.05) is 26.2 Å². The molecular weight excluding hydrogens is 514 g/mol. The van der Waals surface area contributed by atoms with Gasteiger partial charge in [-0.1, -0.05) is 23.5 Å². The maximum absolute atomic E-state index is 13.9. The number of benzene rings is 2. The summed E-state index contributed by atoms with van der Waals surface area (Å²) in [4.78, 5) is 38.2. The summed E-state index contributed by atoms with van der Waals surface area (Å²) in [5.74, 6) is -0.439. The zero-order chi connectivity index (χ0) is 26.4. The highest BCUT2D eigenvalue weighted by molar-refractivity contribution is 7.22. The summed E-state index contributed by atoms with van der Waals surface area (Å²) < 4.78 is 17.3. The first-order valence-electron chi connectivity index (χ1n) is 11.2. The number of rotatable bonds is 7. The Kier molecular flexibility index (Phi) is 6.34. The fraction of sp³-hybridized carbons (Fsp3) is 0.231. The largest absolute Gasteiger partial charge is 0.503 e. The molecule has 0 spiro atoms. The number of Topliss-reactive ketones (excluding diaryl/α,β-unsaturated/α-hetero) is 1. The standard InChI is InChI=1S/C26H23N3O6S2/c1-12-24(36-13(2)27-12)21(30)19-20(15-7-6-8-17(34-4)23(15)35-5)29(25(32)22(19)31)26-28-16-10-9-14(33-3)11-18(16)37-26/h6-11,20,31H,1-5H3. The van der Waals surface area contributed by atoms with Gasteiger partial charge in [-0.3, -0.25) is 14.5 Å². The number of aliphatic hydroxyl groups is 1. The van der Waals surface area contributed by atoms with E-state index in [1.165, 1.54) is 41.8 Å². The number of nitrogens with zero attached hydrogens (tertiary/aromatic N) is 3. The third-order valence-electron chi connectivity index (χ3n) is 6.08.